The third kappa shape index (κ3) is 2.22. The quantitative estimate of drug-likeness (QED) is 0.745. The fraction of sp³-hybridized carbons (Fsp3) is 0.588. The molecule has 1 aromatic rings. The highest BCUT2D eigenvalue weighted by Crippen LogP contribution is 2.38. The fourth-order valence-corrected chi connectivity index (χ4v) is 4.54. The predicted octanol–water partition coefficient (Wildman–Crippen LogP) is 3.39. The number of carbonyl (C=O) groups excluding carboxylic acids is 1. The molecule has 3 heterocycles. The minimum atomic E-state index is -1.71. The van der Waals surface area contributed by atoms with Crippen LogP contribution in [0.15, 0.2) is 17.1 Å². The van der Waals surface area contributed by atoms with E-state index >= 15 is 0 Å². The molecule has 0 spiro atoms. The van der Waals surface area contributed by atoms with Gasteiger partial charge in [-0.15, -0.1) is 0 Å². The van der Waals surface area contributed by atoms with E-state index in [0.29, 0.717) is 19.6 Å². The Kier molecular flexibility index (Phi) is 3.33. The van der Waals surface area contributed by atoms with E-state index in [9.17, 15) is 4.79 Å². The molecule has 0 saturated carbocycles. The number of furan rings is 1. The first-order valence-electron chi connectivity index (χ1n) is 7.86. The predicted molar refractivity (Wildman–Crippen MR) is 90.1 cm³/mol. The SMILES string of the molecule is C=C1CN2C(=O)OC[C@H]2Cc2oc([Si](C)(C)C(C)(C)C)cc21. The van der Waals surface area contributed by atoms with E-state index in [1.54, 1.807) is 4.90 Å². The van der Waals surface area contributed by atoms with Crippen molar-refractivity contribution < 1.29 is 13.9 Å². The van der Waals surface area contributed by atoms with E-state index in [0.717, 1.165) is 22.3 Å². The number of nitrogens with zero attached hydrogens (tertiary/aromatic N) is 1. The second-order valence-electron chi connectivity index (χ2n) is 7.99. The van der Waals surface area contributed by atoms with Gasteiger partial charge in [-0.1, -0.05) is 40.4 Å². The molecule has 1 fully saturated rings. The molecule has 0 aliphatic carbocycles. The molecule has 5 heteroatoms. The van der Waals surface area contributed by atoms with Crippen LogP contribution >= 0.6 is 0 Å². The molecule has 0 aromatic carbocycles. The van der Waals surface area contributed by atoms with Gasteiger partial charge in [-0.2, -0.15) is 0 Å². The lowest BCUT2D eigenvalue weighted by Crippen LogP contribution is -2.48. The van der Waals surface area contributed by atoms with Crippen LogP contribution in [0.3, 0.4) is 0 Å². The van der Waals surface area contributed by atoms with Crippen LogP contribution in [0.25, 0.3) is 5.57 Å². The van der Waals surface area contributed by atoms with Crippen LogP contribution in [0.1, 0.15) is 32.1 Å². The molecular formula is C17H25NO3Si. The maximum Gasteiger partial charge on any atom is 0.410 e. The van der Waals surface area contributed by atoms with Crippen LogP contribution in [0.2, 0.25) is 18.1 Å². The van der Waals surface area contributed by atoms with Crippen molar-refractivity contribution in [2.45, 2.75) is 51.4 Å². The maximum absolute atomic E-state index is 11.8. The van der Waals surface area contributed by atoms with Crippen LogP contribution < -0.4 is 5.38 Å². The van der Waals surface area contributed by atoms with Gasteiger partial charge in [0.15, 0.2) is 0 Å². The number of hydrogen-bond donors (Lipinski definition) is 0. The monoisotopic (exact) mass is 319 g/mol. The number of rotatable bonds is 1. The van der Waals surface area contributed by atoms with Gasteiger partial charge in [-0.05, 0) is 16.7 Å². The maximum atomic E-state index is 11.8. The number of hydrogen-bond acceptors (Lipinski definition) is 3. The Morgan fingerprint density at radius 3 is 2.68 bits per heavy atom. The third-order valence-corrected chi connectivity index (χ3v) is 10.8. The lowest BCUT2D eigenvalue weighted by atomic mass is 10.1. The molecule has 2 aliphatic rings. The second-order valence-corrected chi connectivity index (χ2v) is 13.2. The largest absolute Gasteiger partial charge is 0.470 e. The van der Waals surface area contributed by atoms with Gasteiger partial charge >= 0.3 is 6.09 Å². The van der Waals surface area contributed by atoms with E-state index in [2.05, 4.69) is 46.5 Å². The zero-order chi connectivity index (χ0) is 16.3. The van der Waals surface area contributed by atoms with Crippen LogP contribution in [-0.4, -0.2) is 38.3 Å². The summed E-state index contributed by atoms with van der Waals surface area (Å²) in [6.07, 6.45) is 0.482. The van der Waals surface area contributed by atoms with Crippen molar-refractivity contribution in [1.29, 1.82) is 0 Å². The van der Waals surface area contributed by atoms with Gasteiger partial charge in [0.2, 0.25) is 0 Å². The standard InChI is InChI=1S/C17H25NO3Si/c1-11-9-18-12(10-20-16(18)19)7-14-13(11)8-15(21-14)22(5,6)17(2,3)4/h8,12H,1,7,9-10H2,2-6H3/t12-/m1/s1. The van der Waals surface area contributed by atoms with Crippen molar-refractivity contribution in [3.05, 3.63) is 24.0 Å². The van der Waals surface area contributed by atoms with Gasteiger partial charge in [0, 0.05) is 18.5 Å². The van der Waals surface area contributed by atoms with Crippen LogP contribution in [0, 0.1) is 0 Å². The van der Waals surface area contributed by atoms with Crippen LogP contribution in [0.4, 0.5) is 4.79 Å². The van der Waals surface area contributed by atoms with Gasteiger partial charge in [0.25, 0.3) is 0 Å². The minimum Gasteiger partial charge on any atom is -0.470 e. The summed E-state index contributed by atoms with van der Waals surface area (Å²) in [7, 11) is -1.71. The van der Waals surface area contributed by atoms with Gasteiger partial charge in [-0.25, -0.2) is 4.79 Å². The molecule has 1 saturated heterocycles. The zero-order valence-electron chi connectivity index (χ0n) is 14.2. The summed E-state index contributed by atoms with van der Waals surface area (Å²) in [4.78, 5) is 13.5. The minimum absolute atomic E-state index is 0.0731. The van der Waals surface area contributed by atoms with Crippen molar-refractivity contribution in [2.75, 3.05) is 13.2 Å². The summed E-state index contributed by atoms with van der Waals surface area (Å²) >= 11 is 0. The average molecular weight is 319 g/mol. The van der Waals surface area contributed by atoms with E-state index in [4.69, 9.17) is 9.15 Å². The van der Waals surface area contributed by atoms with E-state index in [1.165, 1.54) is 0 Å². The van der Waals surface area contributed by atoms with E-state index in [-0.39, 0.29) is 17.2 Å². The number of carbonyl (C=O) groups is 1. The molecule has 0 N–H and O–H groups in total. The van der Waals surface area contributed by atoms with Gasteiger partial charge < -0.3 is 9.15 Å². The first-order valence-corrected chi connectivity index (χ1v) is 10.9. The number of fused-ring (bicyclic) bond motifs is 2. The zero-order valence-corrected chi connectivity index (χ0v) is 15.2. The molecule has 1 atom stereocenters. The molecule has 0 unspecified atom stereocenters. The highest BCUT2D eigenvalue weighted by atomic mass is 28.3. The summed E-state index contributed by atoms with van der Waals surface area (Å²) in [6, 6.07) is 2.26. The molecule has 2 aliphatic heterocycles. The van der Waals surface area contributed by atoms with Crippen molar-refractivity contribution >= 4 is 25.1 Å². The molecule has 1 aromatic heterocycles. The highest BCUT2D eigenvalue weighted by molar-refractivity contribution is 6.91. The Balaban J connectivity index is 1.99. The fourth-order valence-electron chi connectivity index (χ4n) is 2.91. The van der Waals surface area contributed by atoms with E-state index < -0.39 is 8.07 Å². The van der Waals surface area contributed by atoms with Gasteiger partial charge in [0.05, 0.1) is 11.4 Å². The van der Waals surface area contributed by atoms with Crippen molar-refractivity contribution in [3.8, 4) is 0 Å². The number of cyclic esters (lactones) is 1. The van der Waals surface area contributed by atoms with Gasteiger partial charge in [-0.3, -0.25) is 4.90 Å². The highest BCUT2D eigenvalue weighted by Gasteiger charge is 2.43. The molecule has 0 radical (unpaired) electrons. The summed E-state index contributed by atoms with van der Waals surface area (Å²) in [6.45, 7) is 16.7. The first-order chi connectivity index (χ1) is 10.1. The third-order valence-electron chi connectivity index (χ3n) is 5.54. The summed E-state index contributed by atoms with van der Waals surface area (Å²) in [5.74, 6) is 0.968. The van der Waals surface area contributed by atoms with Crippen molar-refractivity contribution in [2.24, 2.45) is 0 Å². The lowest BCUT2D eigenvalue weighted by molar-refractivity contribution is 0.161. The van der Waals surface area contributed by atoms with Gasteiger partial charge in [0.1, 0.15) is 20.4 Å². The molecule has 3 rings (SSSR count). The first kappa shape index (κ1) is 15.4. The molecule has 120 valence electrons. The van der Waals surface area contributed by atoms with Crippen molar-refractivity contribution in [1.82, 2.24) is 4.90 Å². The van der Waals surface area contributed by atoms with Crippen LogP contribution in [0.5, 0.6) is 0 Å². The number of ether oxygens (including phenoxy) is 1. The Bertz CT molecular complexity index is 639. The summed E-state index contributed by atoms with van der Waals surface area (Å²) in [5, 5.41) is 1.35. The normalized spacial score (nSPS) is 22.2. The Morgan fingerprint density at radius 2 is 2.05 bits per heavy atom. The Hall–Kier alpha value is -1.49. The van der Waals surface area contributed by atoms with Crippen molar-refractivity contribution in [3.63, 3.8) is 0 Å². The Labute approximate surface area is 133 Å². The number of amides is 1. The van der Waals surface area contributed by atoms with Crippen LogP contribution in [-0.2, 0) is 11.2 Å². The lowest BCUT2D eigenvalue weighted by Gasteiger charge is -2.34. The molecule has 1 amide bonds. The summed E-state index contributed by atoms with van der Waals surface area (Å²) in [5.41, 5.74) is 2.05. The second kappa shape index (κ2) is 4.75. The topological polar surface area (TPSA) is 42.7 Å². The smallest absolute Gasteiger partial charge is 0.410 e. The molecule has 4 nitrogen and oxygen atoms in total. The molecule has 0 bridgehead atoms. The molecular weight excluding hydrogens is 294 g/mol. The average Bonchev–Trinajstić information content (AvgIpc) is 2.93. The van der Waals surface area contributed by atoms with E-state index in [1.807, 2.05) is 0 Å². The molecule has 22 heavy (non-hydrogen) atoms. The summed E-state index contributed by atoms with van der Waals surface area (Å²) < 4.78 is 11.5. The Morgan fingerprint density at radius 1 is 1.36 bits per heavy atom.